The van der Waals surface area contributed by atoms with E-state index in [2.05, 4.69) is 6.92 Å². The van der Waals surface area contributed by atoms with E-state index in [1.807, 2.05) is 0 Å². The van der Waals surface area contributed by atoms with Crippen LogP contribution in [0.1, 0.15) is 46.0 Å². The number of aliphatic carboxylic acids is 2. The Labute approximate surface area is 150 Å². The zero-order chi connectivity index (χ0) is 13.8. The molecule has 7 heteroatoms. The second kappa shape index (κ2) is 15.6. The van der Waals surface area contributed by atoms with E-state index in [9.17, 15) is 14.7 Å². The molecule has 0 amide bonds. The molecule has 0 rings (SSSR count). The predicted molar refractivity (Wildman–Crippen MR) is 59.1 cm³/mol. The van der Waals surface area contributed by atoms with Gasteiger partial charge in [-0.05, 0) is 13.3 Å². The molecular formula is C11H21KO6. The van der Waals surface area contributed by atoms with Crippen LogP contribution >= 0.6 is 0 Å². The molecular weight excluding hydrogens is 267 g/mol. The van der Waals surface area contributed by atoms with E-state index in [1.165, 1.54) is 0 Å². The first kappa shape index (κ1) is 23.6. The van der Waals surface area contributed by atoms with Gasteiger partial charge in [0.1, 0.15) is 0 Å². The molecule has 0 saturated heterocycles. The van der Waals surface area contributed by atoms with E-state index in [0.29, 0.717) is 6.42 Å². The van der Waals surface area contributed by atoms with Crippen molar-refractivity contribution in [3.05, 3.63) is 0 Å². The number of rotatable bonds is 7. The number of hydrogen-bond acceptors (Lipinski definition) is 5. The van der Waals surface area contributed by atoms with Gasteiger partial charge in [-0.2, -0.15) is 0 Å². The molecule has 0 aliphatic rings. The van der Waals surface area contributed by atoms with Crippen LogP contribution in [0.4, 0.5) is 0 Å². The Morgan fingerprint density at radius 3 is 1.89 bits per heavy atom. The number of hydrogen-bond donors (Lipinski definition) is 3. The van der Waals surface area contributed by atoms with Crippen molar-refractivity contribution >= 4 is 11.9 Å². The molecule has 3 N–H and O–H groups in total. The molecule has 0 saturated carbocycles. The summed E-state index contributed by atoms with van der Waals surface area (Å²) in [6, 6.07) is 0. The van der Waals surface area contributed by atoms with E-state index in [-0.39, 0.29) is 51.4 Å². The van der Waals surface area contributed by atoms with Crippen molar-refractivity contribution < 1.29 is 81.4 Å². The fraction of sp³-hybridized carbons (Fsp3) is 0.818. The average Bonchev–Trinajstić information content (AvgIpc) is 2.24. The van der Waals surface area contributed by atoms with Crippen molar-refractivity contribution in [3.63, 3.8) is 0 Å². The molecule has 0 aromatic carbocycles. The maximum atomic E-state index is 10.1. The summed E-state index contributed by atoms with van der Waals surface area (Å²) in [5.41, 5.74) is 0. The van der Waals surface area contributed by atoms with E-state index in [4.69, 9.17) is 15.3 Å². The molecule has 0 radical (unpaired) electrons. The van der Waals surface area contributed by atoms with Gasteiger partial charge in [-0.1, -0.05) is 32.6 Å². The van der Waals surface area contributed by atoms with Crippen molar-refractivity contribution in [1.82, 2.24) is 0 Å². The summed E-state index contributed by atoms with van der Waals surface area (Å²) >= 11 is 0. The number of carbonyl (C=O) groups excluding carboxylic acids is 1. The molecule has 0 spiro atoms. The quantitative estimate of drug-likeness (QED) is 0.331. The molecule has 6 nitrogen and oxygen atoms in total. The van der Waals surface area contributed by atoms with Crippen molar-refractivity contribution in [2.75, 3.05) is 0 Å². The van der Waals surface area contributed by atoms with Gasteiger partial charge >= 0.3 is 57.4 Å². The van der Waals surface area contributed by atoms with Crippen molar-refractivity contribution in [2.24, 2.45) is 0 Å². The van der Waals surface area contributed by atoms with Crippen molar-refractivity contribution in [1.29, 1.82) is 0 Å². The van der Waals surface area contributed by atoms with E-state index < -0.39 is 24.1 Å². The Morgan fingerprint density at radius 1 is 1.17 bits per heavy atom. The molecule has 0 aliphatic heterocycles. The van der Waals surface area contributed by atoms with Crippen LogP contribution in [0.5, 0.6) is 0 Å². The monoisotopic (exact) mass is 288 g/mol. The Morgan fingerprint density at radius 2 is 1.61 bits per heavy atom. The molecule has 0 aliphatic carbocycles. The number of carbonyl (C=O) groups is 2. The van der Waals surface area contributed by atoms with Gasteiger partial charge in [-0.3, -0.25) is 0 Å². The summed E-state index contributed by atoms with van der Waals surface area (Å²) in [4.78, 5) is 19.5. The second-order valence-corrected chi connectivity index (χ2v) is 3.70. The van der Waals surface area contributed by atoms with E-state index in [1.54, 1.807) is 0 Å². The zero-order valence-electron chi connectivity index (χ0n) is 11.3. The number of carboxylic acid groups (broad SMARTS) is 2. The van der Waals surface area contributed by atoms with Gasteiger partial charge in [-0.15, -0.1) is 0 Å². The summed E-state index contributed by atoms with van der Waals surface area (Å²) in [5, 5.41) is 34.4. The summed E-state index contributed by atoms with van der Waals surface area (Å²) in [6.45, 7) is 3.23. The SMILES string of the molecule is CC(O)C(=O)[O-].CCCCCCC(O)C(=O)O.[K+]. The molecule has 0 aromatic rings. The van der Waals surface area contributed by atoms with Crippen LogP contribution < -0.4 is 56.5 Å². The van der Waals surface area contributed by atoms with Gasteiger partial charge < -0.3 is 25.2 Å². The van der Waals surface area contributed by atoms with E-state index >= 15 is 0 Å². The van der Waals surface area contributed by atoms with Crippen LogP contribution in [0.25, 0.3) is 0 Å². The van der Waals surface area contributed by atoms with Crippen LogP contribution in [0.3, 0.4) is 0 Å². The number of unbranched alkanes of at least 4 members (excludes halogenated alkanes) is 3. The fourth-order valence-corrected chi connectivity index (χ4v) is 0.888. The summed E-state index contributed by atoms with van der Waals surface area (Å²) < 4.78 is 0. The van der Waals surface area contributed by atoms with E-state index in [0.717, 1.165) is 32.6 Å². The third-order valence-corrected chi connectivity index (χ3v) is 1.96. The first-order chi connectivity index (χ1) is 7.82. The van der Waals surface area contributed by atoms with Gasteiger partial charge in [-0.25, -0.2) is 4.79 Å². The van der Waals surface area contributed by atoms with Crippen LogP contribution in [0, 0.1) is 0 Å². The smallest absolute Gasteiger partial charge is 0.547 e. The Hall–Kier alpha value is 0.496. The second-order valence-electron chi connectivity index (χ2n) is 3.70. The first-order valence-corrected chi connectivity index (χ1v) is 5.62. The summed E-state index contributed by atoms with van der Waals surface area (Å²) in [5.74, 6) is -2.54. The maximum Gasteiger partial charge on any atom is 1.00 e. The van der Waals surface area contributed by atoms with Gasteiger partial charge in [0.2, 0.25) is 0 Å². The number of carboxylic acids is 2. The average molecular weight is 288 g/mol. The van der Waals surface area contributed by atoms with Crippen molar-refractivity contribution in [3.8, 4) is 0 Å². The summed E-state index contributed by atoms with van der Waals surface area (Å²) in [7, 11) is 0. The third kappa shape index (κ3) is 18.9. The molecule has 2 atom stereocenters. The minimum absolute atomic E-state index is 0. The predicted octanol–water partition coefficient (Wildman–Crippen LogP) is -3.48. The molecule has 0 fully saturated rings. The molecule has 0 bridgehead atoms. The number of aliphatic hydroxyl groups is 2. The molecule has 102 valence electrons. The normalized spacial score (nSPS) is 12.4. The maximum absolute atomic E-state index is 10.1. The standard InChI is InChI=1S/C8H16O3.C3H6O3.K/c1-2-3-4-5-6-7(9)8(10)11;1-2(4)3(5)6;/h7,9H,2-6H2,1H3,(H,10,11);2,4H,1H3,(H,5,6);/q;;+1/p-1. The molecule has 0 heterocycles. The molecule has 18 heavy (non-hydrogen) atoms. The van der Waals surface area contributed by atoms with Crippen LogP contribution in [0.2, 0.25) is 0 Å². The van der Waals surface area contributed by atoms with Gasteiger partial charge in [0.05, 0.1) is 12.1 Å². The minimum atomic E-state index is -1.44. The Bertz CT molecular complexity index is 220. The Kier molecular flexibility index (Phi) is 20.4. The number of aliphatic hydroxyl groups excluding tert-OH is 2. The Balaban J connectivity index is -0.000000277. The topological polar surface area (TPSA) is 118 Å². The van der Waals surface area contributed by atoms with Crippen LogP contribution in [-0.4, -0.2) is 39.5 Å². The van der Waals surface area contributed by atoms with Gasteiger partial charge in [0.15, 0.2) is 6.10 Å². The third-order valence-electron chi connectivity index (χ3n) is 1.96. The molecule has 2 unspecified atom stereocenters. The van der Waals surface area contributed by atoms with Gasteiger partial charge in [0.25, 0.3) is 0 Å². The first-order valence-electron chi connectivity index (χ1n) is 5.62. The van der Waals surface area contributed by atoms with Crippen LogP contribution in [0.15, 0.2) is 0 Å². The molecule has 0 aromatic heterocycles. The summed E-state index contributed by atoms with van der Waals surface area (Å²) in [6.07, 6.45) is 1.95. The largest absolute Gasteiger partial charge is 1.00 e. The van der Waals surface area contributed by atoms with Crippen LogP contribution in [-0.2, 0) is 9.59 Å². The fourth-order valence-electron chi connectivity index (χ4n) is 0.888. The van der Waals surface area contributed by atoms with Gasteiger partial charge in [0, 0.05) is 0 Å². The van der Waals surface area contributed by atoms with Crippen molar-refractivity contribution in [2.45, 2.75) is 58.2 Å². The zero-order valence-corrected chi connectivity index (χ0v) is 14.4. The minimum Gasteiger partial charge on any atom is -0.547 e.